The van der Waals surface area contributed by atoms with Crippen LogP contribution < -0.4 is 11.1 Å². The number of anilines is 1. The van der Waals surface area contributed by atoms with Crippen molar-refractivity contribution in [3.8, 4) is 0 Å². The number of nitrogens with one attached hydrogen (secondary N) is 1. The molecule has 0 aliphatic heterocycles. The molecule has 0 aliphatic carbocycles. The van der Waals surface area contributed by atoms with Gasteiger partial charge in [-0.25, -0.2) is 0 Å². The Morgan fingerprint density at radius 3 is 2.45 bits per heavy atom. The highest BCUT2D eigenvalue weighted by Crippen LogP contribution is 2.21. The first kappa shape index (κ1) is 18.1. The summed E-state index contributed by atoms with van der Waals surface area (Å²) in [6.45, 7) is 8.08. The van der Waals surface area contributed by atoms with Crippen LogP contribution in [0.2, 0.25) is 0 Å². The molecule has 4 heteroatoms. The third-order valence-corrected chi connectivity index (χ3v) is 3.97. The van der Waals surface area contributed by atoms with E-state index in [9.17, 15) is 4.79 Å². The van der Waals surface area contributed by atoms with Crippen LogP contribution >= 0.6 is 12.4 Å². The topological polar surface area (TPSA) is 55.1 Å². The third kappa shape index (κ3) is 3.80. The van der Waals surface area contributed by atoms with Crippen LogP contribution in [0.3, 0.4) is 0 Å². The van der Waals surface area contributed by atoms with Gasteiger partial charge in [0.15, 0.2) is 0 Å². The first-order valence-electron chi connectivity index (χ1n) is 7.13. The van der Waals surface area contributed by atoms with E-state index in [1.807, 2.05) is 26.0 Å². The van der Waals surface area contributed by atoms with Crippen molar-refractivity contribution >= 4 is 24.0 Å². The van der Waals surface area contributed by atoms with Crippen molar-refractivity contribution < 1.29 is 4.79 Å². The molecule has 3 nitrogen and oxygen atoms in total. The summed E-state index contributed by atoms with van der Waals surface area (Å²) in [5.41, 5.74) is 11.5. The van der Waals surface area contributed by atoms with Gasteiger partial charge in [-0.05, 0) is 62.1 Å². The lowest BCUT2D eigenvalue weighted by atomic mass is 9.98. The van der Waals surface area contributed by atoms with Crippen LogP contribution in [0.15, 0.2) is 36.4 Å². The Morgan fingerprint density at radius 1 is 1.09 bits per heavy atom. The molecule has 22 heavy (non-hydrogen) atoms. The fraction of sp³-hybridized carbons (Fsp3) is 0.278. The van der Waals surface area contributed by atoms with Crippen molar-refractivity contribution in [2.45, 2.75) is 33.7 Å². The molecular formula is C18H23ClN2O. The van der Waals surface area contributed by atoms with Gasteiger partial charge in [0.1, 0.15) is 0 Å². The van der Waals surface area contributed by atoms with Gasteiger partial charge in [0.05, 0.1) is 6.04 Å². The number of carbonyl (C=O) groups excluding carboxylic acids is 1. The molecule has 1 unspecified atom stereocenters. The summed E-state index contributed by atoms with van der Waals surface area (Å²) in [5, 5.41) is 3.05. The number of amides is 1. The van der Waals surface area contributed by atoms with E-state index >= 15 is 0 Å². The average molecular weight is 319 g/mol. The molecule has 0 saturated heterocycles. The molecule has 1 amide bonds. The summed E-state index contributed by atoms with van der Waals surface area (Å²) in [5.74, 6) is -0.0896. The number of aryl methyl sites for hydroxylation is 2. The highest BCUT2D eigenvalue weighted by atomic mass is 35.5. The maximum Gasteiger partial charge on any atom is 0.252 e. The van der Waals surface area contributed by atoms with Crippen molar-refractivity contribution in [3.63, 3.8) is 0 Å². The van der Waals surface area contributed by atoms with E-state index in [1.165, 1.54) is 11.1 Å². The van der Waals surface area contributed by atoms with Gasteiger partial charge < -0.3 is 11.1 Å². The average Bonchev–Trinajstić information content (AvgIpc) is 2.44. The van der Waals surface area contributed by atoms with Crippen LogP contribution in [0, 0.1) is 20.8 Å². The molecule has 0 fully saturated rings. The fourth-order valence-corrected chi connectivity index (χ4v) is 2.48. The van der Waals surface area contributed by atoms with Gasteiger partial charge >= 0.3 is 0 Å². The molecule has 0 aliphatic rings. The van der Waals surface area contributed by atoms with E-state index in [-0.39, 0.29) is 24.4 Å². The van der Waals surface area contributed by atoms with Gasteiger partial charge in [0.25, 0.3) is 5.91 Å². The fourth-order valence-electron chi connectivity index (χ4n) is 2.48. The predicted octanol–water partition coefficient (Wildman–Crippen LogP) is 4.11. The molecular weight excluding hydrogens is 296 g/mol. The third-order valence-electron chi connectivity index (χ3n) is 3.97. The summed E-state index contributed by atoms with van der Waals surface area (Å²) in [4.78, 5) is 12.4. The molecule has 0 saturated carbocycles. The van der Waals surface area contributed by atoms with Crippen molar-refractivity contribution in [3.05, 3.63) is 64.2 Å². The SMILES string of the molecule is Cc1ccc(N)cc1C(=O)NC(C)c1cccc(C)c1C.Cl. The number of hydrogen-bond donors (Lipinski definition) is 2. The van der Waals surface area contributed by atoms with Crippen LogP contribution in [0.5, 0.6) is 0 Å². The zero-order valence-corrected chi connectivity index (χ0v) is 14.3. The normalized spacial score (nSPS) is 11.5. The second kappa shape index (κ2) is 7.32. The molecule has 2 aromatic rings. The lowest BCUT2D eigenvalue weighted by molar-refractivity contribution is 0.0939. The number of benzene rings is 2. The van der Waals surface area contributed by atoms with Crippen molar-refractivity contribution in [1.82, 2.24) is 5.32 Å². The van der Waals surface area contributed by atoms with E-state index < -0.39 is 0 Å². The van der Waals surface area contributed by atoms with Crippen molar-refractivity contribution in [1.29, 1.82) is 0 Å². The highest BCUT2D eigenvalue weighted by Gasteiger charge is 2.15. The summed E-state index contributed by atoms with van der Waals surface area (Å²) >= 11 is 0. The first-order valence-corrected chi connectivity index (χ1v) is 7.13. The van der Waals surface area contributed by atoms with Crippen LogP contribution in [0.1, 0.15) is 45.6 Å². The van der Waals surface area contributed by atoms with Crippen LogP contribution in [-0.2, 0) is 0 Å². The lowest BCUT2D eigenvalue weighted by Gasteiger charge is -2.18. The molecule has 2 rings (SSSR count). The minimum Gasteiger partial charge on any atom is -0.399 e. The second-order valence-corrected chi connectivity index (χ2v) is 5.56. The smallest absolute Gasteiger partial charge is 0.252 e. The number of carbonyl (C=O) groups is 1. The van der Waals surface area contributed by atoms with E-state index in [1.54, 1.807) is 12.1 Å². The molecule has 0 spiro atoms. The number of hydrogen-bond acceptors (Lipinski definition) is 2. The number of nitrogen functional groups attached to an aromatic ring is 1. The second-order valence-electron chi connectivity index (χ2n) is 5.56. The molecule has 0 bridgehead atoms. The zero-order valence-electron chi connectivity index (χ0n) is 13.4. The molecule has 0 aromatic heterocycles. The van der Waals surface area contributed by atoms with E-state index in [2.05, 4.69) is 31.3 Å². The number of halogens is 1. The Bertz CT molecular complexity index is 683. The van der Waals surface area contributed by atoms with E-state index in [4.69, 9.17) is 5.73 Å². The summed E-state index contributed by atoms with van der Waals surface area (Å²) in [6.07, 6.45) is 0. The summed E-state index contributed by atoms with van der Waals surface area (Å²) < 4.78 is 0. The molecule has 0 heterocycles. The first-order chi connectivity index (χ1) is 9.90. The summed E-state index contributed by atoms with van der Waals surface area (Å²) in [7, 11) is 0. The lowest BCUT2D eigenvalue weighted by Crippen LogP contribution is -2.28. The molecule has 118 valence electrons. The summed E-state index contributed by atoms with van der Waals surface area (Å²) in [6, 6.07) is 11.5. The Morgan fingerprint density at radius 2 is 1.77 bits per heavy atom. The maximum atomic E-state index is 12.4. The Balaban J connectivity index is 0.00000242. The Labute approximate surface area is 138 Å². The van der Waals surface area contributed by atoms with Gasteiger partial charge in [-0.2, -0.15) is 0 Å². The van der Waals surface area contributed by atoms with Gasteiger partial charge in [0, 0.05) is 11.3 Å². The largest absolute Gasteiger partial charge is 0.399 e. The van der Waals surface area contributed by atoms with Crippen LogP contribution in [0.25, 0.3) is 0 Å². The number of rotatable bonds is 3. The highest BCUT2D eigenvalue weighted by molar-refractivity contribution is 5.96. The van der Waals surface area contributed by atoms with Gasteiger partial charge in [-0.15, -0.1) is 12.4 Å². The van der Waals surface area contributed by atoms with Gasteiger partial charge in [0.2, 0.25) is 0 Å². The van der Waals surface area contributed by atoms with E-state index in [0.29, 0.717) is 11.3 Å². The quantitative estimate of drug-likeness (QED) is 0.837. The Kier molecular flexibility index (Phi) is 6.01. The van der Waals surface area contributed by atoms with Crippen LogP contribution in [-0.4, -0.2) is 5.91 Å². The van der Waals surface area contributed by atoms with Crippen molar-refractivity contribution in [2.24, 2.45) is 0 Å². The minimum absolute atomic E-state index is 0. The molecule has 0 radical (unpaired) electrons. The standard InChI is InChI=1S/C18H22N2O.ClH/c1-11-6-5-7-16(13(11)3)14(4)20-18(21)17-10-15(19)9-8-12(17)2;/h5-10,14H,19H2,1-4H3,(H,20,21);1H. The molecule has 1 atom stereocenters. The minimum atomic E-state index is -0.0896. The zero-order chi connectivity index (χ0) is 15.6. The Hall–Kier alpha value is -2.00. The van der Waals surface area contributed by atoms with Gasteiger partial charge in [-0.3, -0.25) is 4.79 Å². The monoisotopic (exact) mass is 318 g/mol. The number of nitrogens with two attached hydrogens (primary N) is 1. The van der Waals surface area contributed by atoms with Crippen molar-refractivity contribution in [2.75, 3.05) is 5.73 Å². The predicted molar refractivity (Wildman–Crippen MR) is 94.6 cm³/mol. The molecule has 3 N–H and O–H groups in total. The molecule has 2 aromatic carbocycles. The van der Waals surface area contributed by atoms with Crippen LogP contribution in [0.4, 0.5) is 5.69 Å². The van der Waals surface area contributed by atoms with Gasteiger partial charge in [-0.1, -0.05) is 24.3 Å². The van der Waals surface area contributed by atoms with E-state index in [0.717, 1.165) is 11.1 Å². The maximum absolute atomic E-state index is 12.4.